The van der Waals surface area contributed by atoms with E-state index in [0.717, 1.165) is 35.5 Å². The number of fused-ring (bicyclic) bond motifs is 1. The maximum atomic E-state index is 12.7. The molecule has 172 valence electrons. The van der Waals surface area contributed by atoms with Gasteiger partial charge >= 0.3 is 0 Å². The molecule has 0 atom stereocenters. The zero-order chi connectivity index (χ0) is 23.3. The van der Waals surface area contributed by atoms with Crippen LogP contribution in [0.2, 0.25) is 5.02 Å². The van der Waals surface area contributed by atoms with Gasteiger partial charge in [-0.2, -0.15) is 0 Å². The molecule has 0 aliphatic heterocycles. The molecule has 0 saturated carbocycles. The van der Waals surface area contributed by atoms with E-state index in [-0.39, 0.29) is 5.91 Å². The van der Waals surface area contributed by atoms with Crippen LogP contribution >= 0.6 is 11.6 Å². The highest BCUT2D eigenvalue weighted by Crippen LogP contribution is 2.33. The average molecular weight is 469 g/mol. The summed E-state index contributed by atoms with van der Waals surface area (Å²) in [5, 5.41) is 3.76. The minimum absolute atomic E-state index is 0.0462. The van der Waals surface area contributed by atoms with Gasteiger partial charge in [0.15, 0.2) is 0 Å². The number of amides is 1. The second kappa shape index (κ2) is 10.3. The van der Waals surface area contributed by atoms with Gasteiger partial charge in [0.1, 0.15) is 0 Å². The zero-order valence-electron chi connectivity index (χ0n) is 19.3. The van der Waals surface area contributed by atoms with Gasteiger partial charge in [0.2, 0.25) is 0 Å². The van der Waals surface area contributed by atoms with Gasteiger partial charge < -0.3 is 9.88 Å². The third kappa shape index (κ3) is 4.95. The normalized spacial score (nSPS) is 13.2. The summed E-state index contributed by atoms with van der Waals surface area (Å²) in [4.78, 5) is 12.7. The van der Waals surface area contributed by atoms with Gasteiger partial charge in [0.05, 0.1) is 5.69 Å². The first-order chi connectivity index (χ1) is 16.7. The van der Waals surface area contributed by atoms with Gasteiger partial charge in [-0.15, -0.1) is 0 Å². The van der Waals surface area contributed by atoms with Crippen molar-refractivity contribution in [3.05, 3.63) is 112 Å². The molecule has 1 amide bonds. The van der Waals surface area contributed by atoms with Crippen LogP contribution in [-0.2, 0) is 19.3 Å². The van der Waals surface area contributed by atoms with Crippen molar-refractivity contribution in [1.82, 2.24) is 9.88 Å². The third-order valence-corrected chi connectivity index (χ3v) is 6.87. The first kappa shape index (κ1) is 22.5. The SMILES string of the molecule is O=C(NCCc1ccc(Cl)cc1)c1ccc(-n2c(-c3ccccc3)cc3c2CCCCC3)cc1. The molecule has 0 unspecified atom stereocenters. The predicted molar refractivity (Wildman–Crippen MR) is 140 cm³/mol. The Bertz CT molecular complexity index is 1260. The number of aromatic nitrogens is 1. The molecule has 3 aromatic carbocycles. The summed E-state index contributed by atoms with van der Waals surface area (Å²) in [7, 11) is 0. The Hall–Kier alpha value is -3.30. The minimum Gasteiger partial charge on any atom is -0.352 e. The molecule has 0 bridgehead atoms. The maximum Gasteiger partial charge on any atom is 0.251 e. The van der Waals surface area contributed by atoms with E-state index in [4.69, 9.17) is 11.6 Å². The zero-order valence-corrected chi connectivity index (χ0v) is 20.0. The lowest BCUT2D eigenvalue weighted by Crippen LogP contribution is -2.25. The number of carbonyl (C=O) groups is 1. The Morgan fingerprint density at radius 1 is 0.853 bits per heavy atom. The van der Waals surface area contributed by atoms with E-state index < -0.39 is 0 Å². The van der Waals surface area contributed by atoms with E-state index in [1.54, 1.807) is 0 Å². The van der Waals surface area contributed by atoms with Gasteiger partial charge in [-0.05, 0) is 91.3 Å². The summed E-state index contributed by atoms with van der Waals surface area (Å²) in [6.07, 6.45) is 6.76. The highest BCUT2D eigenvalue weighted by Gasteiger charge is 2.19. The molecular formula is C30H29ClN2O. The van der Waals surface area contributed by atoms with Crippen molar-refractivity contribution in [3.63, 3.8) is 0 Å². The Labute approximate surface area is 206 Å². The molecule has 4 aromatic rings. The van der Waals surface area contributed by atoms with Crippen molar-refractivity contribution in [2.45, 2.75) is 38.5 Å². The number of nitrogens with zero attached hydrogens (tertiary/aromatic N) is 1. The molecule has 1 aliphatic carbocycles. The number of hydrogen-bond acceptors (Lipinski definition) is 1. The third-order valence-electron chi connectivity index (χ3n) is 6.62. The second-order valence-electron chi connectivity index (χ2n) is 8.94. The Morgan fingerprint density at radius 2 is 1.59 bits per heavy atom. The number of carbonyl (C=O) groups excluding carboxylic acids is 1. The van der Waals surface area contributed by atoms with Crippen LogP contribution in [0, 0.1) is 0 Å². The number of rotatable bonds is 6. The molecule has 0 spiro atoms. The second-order valence-corrected chi connectivity index (χ2v) is 9.38. The van der Waals surface area contributed by atoms with Crippen LogP contribution < -0.4 is 5.32 Å². The summed E-state index contributed by atoms with van der Waals surface area (Å²) in [6.45, 7) is 0.589. The number of hydrogen-bond donors (Lipinski definition) is 1. The van der Waals surface area contributed by atoms with Crippen LogP contribution in [0.25, 0.3) is 16.9 Å². The summed E-state index contributed by atoms with van der Waals surface area (Å²) in [5.41, 5.74) is 8.27. The Balaban J connectivity index is 1.36. The summed E-state index contributed by atoms with van der Waals surface area (Å²) in [6, 6.07) is 28.7. The molecule has 0 fully saturated rings. The largest absolute Gasteiger partial charge is 0.352 e. The van der Waals surface area contributed by atoms with Gasteiger partial charge in [-0.25, -0.2) is 0 Å². The summed E-state index contributed by atoms with van der Waals surface area (Å²) < 4.78 is 2.40. The molecule has 4 heteroatoms. The summed E-state index contributed by atoms with van der Waals surface area (Å²) in [5.74, 6) is -0.0462. The van der Waals surface area contributed by atoms with E-state index in [9.17, 15) is 4.79 Å². The number of aryl methyl sites for hydroxylation is 1. The van der Waals surface area contributed by atoms with Crippen LogP contribution in [0.15, 0.2) is 84.9 Å². The fourth-order valence-electron chi connectivity index (χ4n) is 4.83. The molecule has 5 rings (SSSR count). The number of nitrogens with one attached hydrogen (secondary N) is 1. The van der Waals surface area contributed by atoms with Crippen LogP contribution in [0.3, 0.4) is 0 Å². The molecule has 34 heavy (non-hydrogen) atoms. The van der Waals surface area contributed by atoms with Crippen molar-refractivity contribution >= 4 is 17.5 Å². The van der Waals surface area contributed by atoms with E-state index in [1.807, 2.05) is 36.4 Å². The standard InChI is InChI=1S/C30H29ClN2O/c31-26-15-11-22(12-16-26)19-20-32-30(34)24-13-17-27(18-14-24)33-28-10-6-2-5-9-25(28)21-29(33)23-7-3-1-4-8-23/h1,3-4,7-8,11-18,21H,2,5-6,9-10,19-20H2,(H,32,34). The van der Waals surface area contributed by atoms with Crippen molar-refractivity contribution in [3.8, 4) is 16.9 Å². The van der Waals surface area contributed by atoms with Crippen molar-refractivity contribution < 1.29 is 4.79 Å². The fourth-order valence-corrected chi connectivity index (χ4v) is 4.95. The van der Waals surface area contributed by atoms with E-state index in [1.165, 1.54) is 41.8 Å². The molecule has 1 aromatic heterocycles. The first-order valence-corrected chi connectivity index (χ1v) is 12.5. The Kier molecular flexibility index (Phi) is 6.82. The quantitative estimate of drug-likeness (QED) is 0.302. The molecular weight excluding hydrogens is 440 g/mol. The lowest BCUT2D eigenvalue weighted by molar-refractivity contribution is 0.0954. The lowest BCUT2D eigenvalue weighted by atomic mass is 10.1. The van der Waals surface area contributed by atoms with Crippen molar-refractivity contribution in [1.29, 1.82) is 0 Å². The molecule has 1 N–H and O–H groups in total. The first-order valence-electron chi connectivity index (χ1n) is 12.1. The van der Waals surface area contributed by atoms with Gasteiger partial charge in [-0.3, -0.25) is 4.79 Å². The summed E-state index contributed by atoms with van der Waals surface area (Å²) >= 11 is 5.95. The van der Waals surface area contributed by atoms with Gasteiger partial charge in [0, 0.05) is 28.5 Å². The van der Waals surface area contributed by atoms with Crippen molar-refractivity contribution in [2.24, 2.45) is 0 Å². The van der Waals surface area contributed by atoms with Gasteiger partial charge in [0.25, 0.3) is 5.91 Å². The molecule has 1 aliphatic rings. The van der Waals surface area contributed by atoms with Crippen LogP contribution in [0.5, 0.6) is 0 Å². The molecule has 0 saturated heterocycles. The Morgan fingerprint density at radius 3 is 2.35 bits per heavy atom. The smallest absolute Gasteiger partial charge is 0.251 e. The van der Waals surface area contributed by atoms with E-state index in [2.05, 4.69) is 58.4 Å². The minimum atomic E-state index is -0.0462. The lowest BCUT2D eigenvalue weighted by Gasteiger charge is -2.15. The topological polar surface area (TPSA) is 34.0 Å². The number of benzene rings is 3. The average Bonchev–Trinajstić information content (AvgIpc) is 3.08. The van der Waals surface area contributed by atoms with E-state index >= 15 is 0 Å². The number of halogens is 1. The highest BCUT2D eigenvalue weighted by molar-refractivity contribution is 6.30. The predicted octanol–water partition coefficient (Wildman–Crippen LogP) is 7.04. The van der Waals surface area contributed by atoms with Crippen LogP contribution in [0.4, 0.5) is 0 Å². The monoisotopic (exact) mass is 468 g/mol. The van der Waals surface area contributed by atoms with Gasteiger partial charge in [-0.1, -0.05) is 60.5 Å². The molecule has 3 nitrogen and oxygen atoms in total. The molecule has 1 heterocycles. The van der Waals surface area contributed by atoms with Crippen LogP contribution in [0.1, 0.15) is 46.4 Å². The van der Waals surface area contributed by atoms with Crippen LogP contribution in [-0.4, -0.2) is 17.0 Å². The highest BCUT2D eigenvalue weighted by atomic mass is 35.5. The van der Waals surface area contributed by atoms with Crippen molar-refractivity contribution in [2.75, 3.05) is 6.54 Å². The maximum absolute atomic E-state index is 12.7. The van der Waals surface area contributed by atoms with E-state index in [0.29, 0.717) is 12.1 Å². The fraction of sp³-hybridized carbons (Fsp3) is 0.233. The molecule has 0 radical (unpaired) electrons.